The average Bonchev–Trinajstić information content (AvgIpc) is 3.66. The first kappa shape index (κ1) is 30.7. The van der Waals surface area contributed by atoms with Crippen molar-refractivity contribution < 1.29 is 33.4 Å². The van der Waals surface area contributed by atoms with Gasteiger partial charge in [0.2, 0.25) is 5.76 Å². The van der Waals surface area contributed by atoms with Gasteiger partial charge in [-0.25, -0.2) is 9.59 Å². The molecule has 0 radical (unpaired) electrons. The first-order valence-corrected chi connectivity index (χ1v) is 15.6. The lowest BCUT2D eigenvalue weighted by atomic mass is 9.93. The highest BCUT2D eigenvalue weighted by Gasteiger charge is 2.26. The summed E-state index contributed by atoms with van der Waals surface area (Å²) in [6.07, 6.45) is 2.89. The van der Waals surface area contributed by atoms with E-state index in [1.54, 1.807) is 19.1 Å². The number of aryl methyl sites for hydroxylation is 2. The minimum absolute atomic E-state index is 0.105. The van der Waals surface area contributed by atoms with Crippen molar-refractivity contribution in [2.75, 3.05) is 13.2 Å². The maximum Gasteiger partial charge on any atom is 0.374 e. The monoisotopic (exact) mass is 614 g/mol. The number of ketones is 2. The summed E-state index contributed by atoms with van der Waals surface area (Å²) < 4.78 is 16.6. The Kier molecular flexibility index (Phi) is 8.92. The van der Waals surface area contributed by atoms with Crippen LogP contribution in [0.25, 0.3) is 27.8 Å². The summed E-state index contributed by atoms with van der Waals surface area (Å²) in [4.78, 5) is 51.2. The lowest BCUT2D eigenvalue weighted by Gasteiger charge is -2.16. The summed E-state index contributed by atoms with van der Waals surface area (Å²) >= 11 is 0. The van der Waals surface area contributed by atoms with E-state index in [4.69, 9.17) is 14.2 Å². The van der Waals surface area contributed by atoms with E-state index in [1.165, 1.54) is 0 Å². The van der Waals surface area contributed by atoms with E-state index < -0.39 is 18.5 Å². The minimum Gasteiger partial charge on any atom is -0.482 e. The van der Waals surface area contributed by atoms with Gasteiger partial charge >= 0.3 is 11.9 Å². The third-order valence-electron chi connectivity index (χ3n) is 8.45. The molecule has 0 amide bonds. The predicted molar refractivity (Wildman–Crippen MR) is 174 cm³/mol. The second-order valence-electron chi connectivity index (χ2n) is 11.3. The van der Waals surface area contributed by atoms with E-state index in [1.807, 2.05) is 79.7 Å². The molecule has 7 heteroatoms. The molecule has 46 heavy (non-hydrogen) atoms. The summed E-state index contributed by atoms with van der Waals surface area (Å²) in [5.41, 5.74) is 8.24. The van der Waals surface area contributed by atoms with Crippen LogP contribution < -0.4 is 4.74 Å². The van der Waals surface area contributed by atoms with Gasteiger partial charge in [0.15, 0.2) is 18.2 Å². The normalized spacial score (nSPS) is 14.0. The van der Waals surface area contributed by atoms with Crippen molar-refractivity contribution in [1.29, 1.82) is 0 Å². The lowest BCUT2D eigenvalue weighted by Crippen LogP contribution is -2.20. The van der Waals surface area contributed by atoms with Crippen molar-refractivity contribution in [2.45, 2.75) is 46.0 Å². The van der Waals surface area contributed by atoms with Crippen LogP contribution in [0, 0.1) is 0 Å². The molecule has 0 N–H and O–H groups in total. The summed E-state index contributed by atoms with van der Waals surface area (Å²) in [6.45, 7) is 3.22. The fraction of sp³-hybridized carbons (Fsp3) is 0.231. The molecule has 0 aromatic heterocycles. The average molecular weight is 615 g/mol. The van der Waals surface area contributed by atoms with Gasteiger partial charge in [-0.3, -0.25) is 9.59 Å². The minimum atomic E-state index is -0.757. The number of carbonyl (C=O) groups is 4. The molecule has 0 unspecified atom stereocenters. The SMILES string of the molecule is CCOC(=O)/C(OC(=O)COc1ccc(-c2cccc3c2C(=O)CC3)cc1)=C(/CC)c1cccc(-c2cccc3c2C(=O)CC3)c1. The largest absolute Gasteiger partial charge is 0.482 e. The Hall–Kier alpha value is -5.30. The number of benzene rings is 4. The molecule has 7 nitrogen and oxygen atoms in total. The van der Waals surface area contributed by atoms with E-state index in [-0.39, 0.29) is 23.9 Å². The Morgan fingerprint density at radius 1 is 0.696 bits per heavy atom. The summed E-state index contributed by atoms with van der Waals surface area (Å²) in [6, 6.07) is 26.4. The molecular formula is C39H34O7. The molecule has 0 saturated heterocycles. The second kappa shape index (κ2) is 13.4. The van der Waals surface area contributed by atoms with E-state index in [0.717, 1.165) is 57.3 Å². The molecule has 4 aromatic rings. The van der Waals surface area contributed by atoms with Gasteiger partial charge in [-0.1, -0.05) is 73.7 Å². The fourth-order valence-electron chi connectivity index (χ4n) is 6.31. The second-order valence-corrected chi connectivity index (χ2v) is 11.3. The number of Topliss-reactive ketones (excluding diaryl/α,β-unsaturated/α-hetero) is 2. The van der Waals surface area contributed by atoms with Crippen molar-refractivity contribution in [1.82, 2.24) is 0 Å². The van der Waals surface area contributed by atoms with Crippen LogP contribution in [-0.2, 0) is 31.9 Å². The van der Waals surface area contributed by atoms with Crippen molar-refractivity contribution >= 4 is 29.1 Å². The van der Waals surface area contributed by atoms with Gasteiger partial charge in [0.25, 0.3) is 0 Å². The van der Waals surface area contributed by atoms with E-state index >= 15 is 0 Å². The quantitative estimate of drug-likeness (QED) is 0.103. The van der Waals surface area contributed by atoms with Gasteiger partial charge in [-0.15, -0.1) is 0 Å². The highest BCUT2D eigenvalue weighted by molar-refractivity contribution is 6.07. The topological polar surface area (TPSA) is 96.0 Å². The highest BCUT2D eigenvalue weighted by Crippen LogP contribution is 2.35. The molecule has 0 bridgehead atoms. The molecule has 4 aromatic carbocycles. The Balaban J connectivity index is 1.21. The van der Waals surface area contributed by atoms with Crippen molar-refractivity contribution in [2.24, 2.45) is 0 Å². The zero-order chi connectivity index (χ0) is 32.2. The standard InChI is InChI=1S/C39H34O7/c1-3-30(27-10-5-11-28(22-27)32-13-7-9-26-17-21-34(41)37(26)32)38(39(43)44-4-2)46-35(42)23-45-29-18-14-24(15-19-29)31-12-6-8-25-16-20-33(40)36(25)31/h5-15,18-19,22H,3-4,16-17,20-21,23H2,1-2H3/b38-30+. The number of hydrogen-bond donors (Lipinski definition) is 0. The first-order valence-electron chi connectivity index (χ1n) is 15.6. The number of rotatable bonds is 10. The van der Waals surface area contributed by atoms with Gasteiger partial charge < -0.3 is 14.2 Å². The van der Waals surface area contributed by atoms with E-state index in [9.17, 15) is 19.2 Å². The molecule has 2 aliphatic carbocycles. The number of esters is 2. The van der Waals surface area contributed by atoms with Crippen LogP contribution in [0.5, 0.6) is 5.75 Å². The van der Waals surface area contributed by atoms with Gasteiger partial charge in [0.1, 0.15) is 5.75 Å². The molecule has 2 aliphatic rings. The Labute approximate surface area is 267 Å². The number of carbonyl (C=O) groups excluding carboxylic acids is 4. The molecule has 0 fully saturated rings. The molecule has 0 atom stereocenters. The molecular weight excluding hydrogens is 580 g/mol. The number of allylic oxidation sites excluding steroid dienone is 1. The summed E-state index contributed by atoms with van der Waals surface area (Å²) in [5.74, 6) is -0.986. The van der Waals surface area contributed by atoms with Crippen molar-refractivity contribution in [3.05, 3.63) is 119 Å². The summed E-state index contributed by atoms with van der Waals surface area (Å²) in [7, 11) is 0. The Bertz CT molecular complexity index is 1880. The third kappa shape index (κ3) is 6.13. The van der Waals surface area contributed by atoms with Crippen molar-refractivity contribution in [3.63, 3.8) is 0 Å². The number of hydrogen-bond acceptors (Lipinski definition) is 7. The maximum absolute atomic E-state index is 13.1. The van der Waals surface area contributed by atoms with Gasteiger partial charge in [0.05, 0.1) is 6.61 Å². The van der Waals surface area contributed by atoms with Crippen LogP contribution in [0.4, 0.5) is 0 Å². The molecule has 0 aliphatic heterocycles. The molecule has 0 spiro atoms. The smallest absolute Gasteiger partial charge is 0.374 e. The zero-order valence-electron chi connectivity index (χ0n) is 25.9. The van der Waals surface area contributed by atoms with Crippen LogP contribution in [0.1, 0.15) is 70.5 Å². The van der Waals surface area contributed by atoms with Gasteiger partial charge in [0, 0.05) is 29.5 Å². The van der Waals surface area contributed by atoms with Crippen LogP contribution in [0.3, 0.4) is 0 Å². The molecule has 6 rings (SSSR count). The Morgan fingerprint density at radius 3 is 1.91 bits per heavy atom. The first-order chi connectivity index (χ1) is 22.4. The fourth-order valence-corrected chi connectivity index (χ4v) is 6.31. The summed E-state index contributed by atoms with van der Waals surface area (Å²) in [5, 5.41) is 0. The maximum atomic E-state index is 13.1. The van der Waals surface area contributed by atoms with E-state index in [0.29, 0.717) is 36.1 Å². The molecule has 0 saturated carbocycles. The molecule has 232 valence electrons. The predicted octanol–water partition coefficient (Wildman–Crippen LogP) is 7.58. The van der Waals surface area contributed by atoms with Gasteiger partial charge in [-0.05, 0) is 83.3 Å². The third-order valence-corrected chi connectivity index (χ3v) is 8.45. The number of ether oxygens (including phenoxy) is 3. The van der Waals surface area contributed by atoms with Crippen LogP contribution >= 0.6 is 0 Å². The van der Waals surface area contributed by atoms with Crippen LogP contribution in [0.15, 0.2) is 90.7 Å². The number of fused-ring (bicyclic) bond motifs is 2. The molecule has 0 heterocycles. The van der Waals surface area contributed by atoms with Gasteiger partial charge in [-0.2, -0.15) is 0 Å². The van der Waals surface area contributed by atoms with E-state index in [2.05, 4.69) is 0 Å². The van der Waals surface area contributed by atoms with Crippen molar-refractivity contribution in [3.8, 4) is 28.0 Å². The van der Waals surface area contributed by atoms with Crippen LogP contribution in [0.2, 0.25) is 0 Å². The Morgan fingerprint density at radius 2 is 1.30 bits per heavy atom. The van der Waals surface area contributed by atoms with Crippen LogP contribution in [-0.4, -0.2) is 36.7 Å². The lowest BCUT2D eigenvalue weighted by molar-refractivity contribution is -0.152. The zero-order valence-corrected chi connectivity index (χ0v) is 25.9. The highest BCUT2D eigenvalue weighted by atomic mass is 16.6.